The van der Waals surface area contributed by atoms with E-state index in [1.807, 2.05) is 31.9 Å². The standard InChI is InChI=1S/C12H20N2O/c1-8(2)14(5)7-12(15)11-6-9(3)13-10(11)4/h6,8,13H,7H2,1-5H3. The minimum absolute atomic E-state index is 0.188. The summed E-state index contributed by atoms with van der Waals surface area (Å²) in [6.45, 7) is 8.56. The van der Waals surface area contributed by atoms with Crippen LogP contribution in [0.3, 0.4) is 0 Å². The fourth-order valence-corrected chi connectivity index (χ4v) is 1.51. The summed E-state index contributed by atoms with van der Waals surface area (Å²) in [5, 5.41) is 0. The third-order valence-electron chi connectivity index (χ3n) is 2.72. The molecule has 0 bridgehead atoms. The van der Waals surface area contributed by atoms with Crippen molar-refractivity contribution in [3.05, 3.63) is 23.0 Å². The molecule has 0 aliphatic rings. The molecule has 1 aromatic rings. The van der Waals surface area contributed by atoms with Crippen molar-refractivity contribution in [2.75, 3.05) is 13.6 Å². The number of aromatic nitrogens is 1. The van der Waals surface area contributed by atoms with Crippen molar-refractivity contribution in [2.45, 2.75) is 33.7 Å². The van der Waals surface area contributed by atoms with Crippen molar-refractivity contribution < 1.29 is 4.79 Å². The molecule has 0 aliphatic carbocycles. The molecule has 1 rings (SSSR count). The Morgan fingerprint density at radius 3 is 2.47 bits per heavy atom. The second-order valence-electron chi connectivity index (χ2n) is 4.42. The monoisotopic (exact) mass is 208 g/mol. The largest absolute Gasteiger partial charge is 0.362 e. The Morgan fingerprint density at radius 1 is 1.47 bits per heavy atom. The van der Waals surface area contributed by atoms with Crippen molar-refractivity contribution in [3.8, 4) is 0 Å². The fraction of sp³-hybridized carbons (Fsp3) is 0.583. The Balaban J connectivity index is 2.73. The molecule has 0 unspecified atom stereocenters. The first-order valence-electron chi connectivity index (χ1n) is 5.31. The van der Waals surface area contributed by atoms with E-state index in [4.69, 9.17) is 0 Å². The molecule has 0 radical (unpaired) electrons. The van der Waals surface area contributed by atoms with E-state index < -0.39 is 0 Å². The molecule has 84 valence electrons. The maximum Gasteiger partial charge on any atom is 0.178 e. The number of hydrogen-bond donors (Lipinski definition) is 1. The summed E-state index contributed by atoms with van der Waals surface area (Å²) in [6.07, 6.45) is 0. The number of rotatable bonds is 4. The third-order valence-corrected chi connectivity index (χ3v) is 2.72. The minimum atomic E-state index is 0.188. The first-order chi connectivity index (χ1) is 6.91. The molecule has 0 saturated carbocycles. The molecule has 3 nitrogen and oxygen atoms in total. The molecule has 1 aromatic heterocycles. The van der Waals surface area contributed by atoms with Crippen molar-refractivity contribution in [2.24, 2.45) is 0 Å². The lowest BCUT2D eigenvalue weighted by Crippen LogP contribution is -2.32. The zero-order valence-electron chi connectivity index (χ0n) is 10.2. The first-order valence-corrected chi connectivity index (χ1v) is 5.31. The van der Waals surface area contributed by atoms with Gasteiger partial charge in [-0.05, 0) is 40.8 Å². The lowest BCUT2D eigenvalue weighted by Gasteiger charge is -2.19. The number of likely N-dealkylation sites (N-methyl/N-ethyl adjacent to an activating group) is 1. The van der Waals surface area contributed by atoms with Crippen LogP contribution in [0.2, 0.25) is 0 Å². The first kappa shape index (κ1) is 12.0. The number of aromatic amines is 1. The van der Waals surface area contributed by atoms with E-state index in [1.54, 1.807) is 0 Å². The maximum absolute atomic E-state index is 11.9. The van der Waals surface area contributed by atoms with Gasteiger partial charge >= 0.3 is 0 Å². The highest BCUT2D eigenvalue weighted by molar-refractivity contribution is 5.98. The molecule has 3 heteroatoms. The van der Waals surface area contributed by atoms with Gasteiger partial charge in [-0.1, -0.05) is 0 Å². The van der Waals surface area contributed by atoms with Gasteiger partial charge in [0.1, 0.15) is 0 Å². The van der Waals surface area contributed by atoms with Crippen LogP contribution in [-0.4, -0.2) is 35.3 Å². The number of carbonyl (C=O) groups excluding carboxylic acids is 1. The zero-order valence-corrected chi connectivity index (χ0v) is 10.2. The van der Waals surface area contributed by atoms with Crippen LogP contribution in [0.25, 0.3) is 0 Å². The number of nitrogens with zero attached hydrogens (tertiary/aromatic N) is 1. The number of carbonyl (C=O) groups is 1. The van der Waals surface area contributed by atoms with Crippen LogP contribution in [-0.2, 0) is 0 Å². The van der Waals surface area contributed by atoms with Crippen molar-refractivity contribution in [3.63, 3.8) is 0 Å². The molecule has 15 heavy (non-hydrogen) atoms. The molecule has 0 amide bonds. The number of nitrogens with one attached hydrogen (secondary N) is 1. The second-order valence-corrected chi connectivity index (χ2v) is 4.42. The Bertz CT molecular complexity index is 353. The van der Waals surface area contributed by atoms with Gasteiger partial charge in [0, 0.05) is 23.0 Å². The van der Waals surface area contributed by atoms with Crippen LogP contribution in [0.5, 0.6) is 0 Å². The average molecular weight is 208 g/mol. The summed E-state index contributed by atoms with van der Waals surface area (Å²) in [5.41, 5.74) is 2.83. The summed E-state index contributed by atoms with van der Waals surface area (Å²) >= 11 is 0. The summed E-state index contributed by atoms with van der Waals surface area (Å²) in [4.78, 5) is 17.1. The highest BCUT2D eigenvalue weighted by Crippen LogP contribution is 2.11. The van der Waals surface area contributed by atoms with Crippen LogP contribution < -0.4 is 0 Å². The van der Waals surface area contributed by atoms with Crippen molar-refractivity contribution >= 4 is 5.78 Å². The predicted molar refractivity (Wildman–Crippen MR) is 62.4 cm³/mol. The van der Waals surface area contributed by atoms with Gasteiger partial charge in [-0.3, -0.25) is 9.69 Å². The number of H-pyrrole nitrogens is 1. The van der Waals surface area contributed by atoms with E-state index in [1.165, 1.54) is 0 Å². The molecule has 0 spiro atoms. The van der Waals surface area contributed by atoms with Gasteiger partial charge in [0.05, 0.1) is 6.54 Å². The molecule has 0 fully saturated rings. The van der Waals surface area contributed by atoms with Crippen molar-refractivity contribution in [1.29, 1.82) is 0 Å². The molecule has 0 aromatic carbocycles. The van der Waals surface area contributed by atoms with Gasteiger partial charge in [-0.25, -0.2) is 0 Å². The van der Waals surface area contributed by atoms with Crippen molar-refractivity contribution in [1.82, 2.24) is 9.88 Å². The normalized spacial score (nSPS) is 11.4. The zero-order chi connectivity index (χ0) is 11.6. The molecule has 0 saturated heterocycles. The highest BCUT2D eigenvalue weighted by Gasteiger charge is 2.14. The Kier molecular flexibility index (Phi) is 3.69. The van der Waals surface area contributed by atoms with Crippen LogP contribution >= 0.6 is 0 Å². The van der Waals surface area contributed by atoms with Gasteiger partial charge < -0.3 is 4.98 Å². The summed E-state index contributed by atoms with van der Waals surface area (Å²) < 4.78 is 0. The number of ketones is 1. The SMILES string of the molecule is Cc1cc(C(=O)CN(C)C(C)C)c(C)[nH]1. The van der Waals surface area contributed by atoms with E-state index in [0.717, 1.165) is 17.0 Å². The van der Waals surface area contributed by atoms with Gasteiger partial charge in [0.15, 0.2) is 5.78 Å². The number of hydrogen-bond acceptors (Lipinski definition) is 2. The highest BCUT2D eigenvalue weighted by atomic mass is 16.1. The van der Waals surface area contributed by atoms with E-state index in [9.17, 15) is 4.79 Å². The molecular weight excluding hydrogens is 188 g/mol. The number of Topliss-reactive ketones (excluding diaryl/α,β-unsaturated/α-hetero) is 1. The maximum atomic E-state index is 11.9. The molecular formula is C12H20N2O. The average Bonchev–Trinajstić information content (AvgIpc) is 2.44. The fourth-order valence-electron chi connectivity index (χ4n) is 1.51. The van der Waals surface area contributed by atoms with Gasteiger partial charge in [0.2, 0.25) is 0 Å². The third kappa shape index (κ3) is 2.93. The van der Waals surface area contributed by atoms with Crippen LogP contribution in [0.1, 0.15) is 35.6 Å². The van der Waals surface area contributed by atoms with E-state index in [-0.39, 0.29) is 5.78 Å². The minimum Gasteiger partial charge on any atom is -0.362 e. The molecule has 1 heterocycles. The predicted octanol–water partition coefficient (Wildman–Crippen LogP) is 2.15. The smallest absolute Gasteiger partial charge is 0.178 e. The molecule has 0 atom stereocenters. The Morgan fingerprint density at radius 2 is 2.07 bits per heavy atom. The topological polar surface area (TPSA) is 36.1 Å². The lowest BCUT2D eigenvalue weighted by atomic mass is 10.1. The van der Waals surface area contributed by atoms with Crippen LogP contribution in [0.4, 0.5) is 0 Å². The quantitative estimate of drug-likeness (QED) is 0.770. The summed E-state index contributed by atoms with van der Waals surface area (Å²) in [5.74, 6) is 0.188. The van der Waals surface area contributed by atoms with E-state index in [2.05, 4.69) is 18.8 Å². The number of aryl methyl sites for hydroxylation is 2. The summed E-state index contributed by atoms with van der Waals surface area (Å²) in [6, 6.07) is 2.32. The van der Waals surface area contributed by atoms with Crippen LogP contribution in [0.15, 0.2) is 6.07 Å². The van der Waals surface area contributed by atoms with Crippen LogP contribution in [0, 0.1) is 13.8 Å². The van der Waals surface area contributed by atoms with Gasteiger partial charge in [-0.2, -0.15) is 0 Å². The second kappa shape index (κ2) is 4.62. The summed E-state index contributed by atoms with van der Waals surface area (Å²) in [7, 11) is 1.97. The Labute approximate surface area is 91.5 Å². The Hall–Kier alpha value is -1.09. The van der Waals surface area contributed by atoms with E-state index >= 15 is 0 Å². The van der Waals surface area contributed by atoms with Gasteiger partial charge in [-0.15, -0.1) is 0 Å². The molecule has 1 N–H and O–H groups in total. The lowest BCUT2D eigenvalue weighted by molar-refractivity contribution is 0.0929. The van der Waals surface area contributed by atoms with Gasteiger partial charge in [0.25, 0.3) is 0 Å². The van der Waals surface area contributed by atoms with E-state index in [0.29, 0.717) is 12.6 Å². The molecule has 0 aliphatic heterocycles.